The highest BCUT2D eigenvalue weighted by Gasteiger charge is 2.32. The largest absolute Gasteiger partial charge is 0.308 e. The number of halogens is 1. The summed E-state index contributed by atoms with van der Waals surface area (Å²) in [5.74, 6) is 6.23. The number of aryl methyl sites for hydroxylation is 1. The van der Waals surface area contributed by atoms with Crippen LogP contribution in [0.15, 0.2) is 46.0 Å². The molecule has 1 aliphatic carbocycles. The fourth-order valence-corrected chi connectivity index (χ4v) is 3.57. The number of nitrogens with zero attached hydrogens (tertiary/aromatic N) is 3. The summed E-state index contributed by atoms with van der Waals surface area (Å²) in [7, 11) is 1.74. The highest BCUT2D eigenvalue weighted by molar-refractivity contribution is 14.1. The Balaban J connectivity index is 2.18. The van der Waals surface area contributed by atoms with E-state index in [1.807, 2.05) is 25.2 Å². The monoisotopic (exact) mass is 471 g/mol. The molecule has 1 amide bonds. The summed E-state index contributed by atoms with van der Waals surface area (Å²) < 4.78 is 1.21. The van der Waals surface area contributed by atoms with Gasteiger partial charge in [0, 0.05) is 10.6 Å². The minimum Gasteiger partial charge on any atom is -0.286 e. The predicted octanol–water partition coefficient (Wildman–Crippen LogP) is 4.78. The summed E-state index contributed by atoms with van der Waals surface area (Å²) in [5, 5.41) is 0. The van der Waals surface area contributed by atoms with Crippen molar-refractivity contribution >= 4 is 45.7 Å². The molecule has 0 spiro atoms. The van der Waals surface area contributed by atoms with Gasteiger partial charge in [0.2, 0.25) is 0 Å². The molecule has 0 atom stereocenters. The lowest BCUT2D eigenvalue weighted by atomic mass is 10.0. The molecule has 1 aromatic carbocycles. The number of anilines is 1. The maximum atomic E-state index is 13.0. The van der Waals surface area contributed by atoms with Crippen molar-refractivity contribution in [2.75, 3.05) is 11.9 Å². The smallest absolute Gasteiger partial charge is 0.286 e. The van der Waals surface area contributed by atoms with Crippen LogP contribution < -0.4 is 4.90 Å². The second-order valence-electron chi connectivity index (χ2n) is 6.54. The molecule has 2 aliphatic rings. The van der Waals surface area contributed by atoms with E-state index in [0.717, 1.165) is 35.5 Å². The van der Waals surface area contributed by atoms with E-state index in [1.165, 1.54) is 9.13 Å². The predicted molar refractivity (Wildman–Crippen MR) is 120 cm³/mol. The molecule has 0 radical (unpaired) electrons. The zero-order chi connectivity index (χ0) is 19.6. The summed E-state index contributed by atoms with van der Waals surface area (Å²) in [4.78, 5) is 23.6. The second-order valence-corrected chi connectivity index (χ2v) is 7.70. The first-order valence-corrected chi connectivity index (χ1v) is 10.0. The summed E-state index contributed by atoms with van der Waals surface area (Å²) in [6.07, 6.45) is 7.95. The van der Waals surface area contributed by atoms with Gasteiger partial charge in [-0.3, -0.25) is 14.7 Å². The molecule has 27 heavy (non-hydrogen) atoms. The van der Waals surface area contributed by atoms with Crippen molar-refractivity contribution in [1.82, 2.24) is 0 Å². The topological polar surface area (TPSA) is 45.0 Å². The molecular weight excluding hydrogens is 449 g/mol. The molecule has 1 aliphatic heterocycles. The van der Waals surface area contributed by atoms with Crippen LogP contribution in [0.5, 0.6) is 0 Å². The summed E-state index contributed by atoms with van der Waals surface area (Å²) >= 11 is 2.36. The molecule has 0 N–H and O–H groups in total. The van der Waals surface area contributed by atoms with Crippen molar-refractivity contribution in [2.45, 2.75) is 39.5 Å². The first-order chi connectivity index (χ1) is 13.0. The third kappa shape index (κ3) is 4.06. The van der Waals surface area contributed by atoms with E-state index in [0.29, 0.717) is 11.8 Å². The van der Waals surface area contributed by atoms with Gasteiger partial charge in [-0.25, -0.2) is 4.99 Å². The van der Waals surface area contributed by atoms with Crippen LogP contribution in [0.1, 0.15) is 43.7 Å². The maximum Gasteiger partial charge on any atom is 0.308 e. The number of allylic oxidation sites excluding steroid dienone is 2. The lowest BCUT2D eigenvalue weighted by molar-refractivity contribution is -0.112. The van der Waals surface area contributed by atoms with Crippen LogP contribution in [-0.2, 0) is 4.79 Å². The van der Waals surface area contributed by atoms with Crippen molar-refractivity contribution in [3.63, 3.8) is 0 Å². The van der Waals surface area contributed by atoms with Gasteiger partial charge in [-0.15, -0.1) is 0 Å². The Morgan fingerprint density at radius 3 is 2.70 bits per heavy atom. The van der Waals surface area contributed by atoms with Crippen LogP contribution in [-0.4, -0.2) is 24.5 Å². The molecule has 0 saturated heterocycles. The number of dihydropyridines is 1. The number of amidine groups is 1. The van der Waals surface area contributed by atoms with Gasteiger partial charge in [0.25, 0.3) is 0 Å². The van der Waals surface area contributed by atoms with Crippen molar-refractivity contribution in [1.29, 1.82) is 0 Å². The van der Waals surface area contributed by atoms with Crippen molar-refractivity contribution in [3.8, 4) is 11.8 Å². The Morgan fingerprint density at radius 2 is 2.11 bits per heavy atom. The van der Waals surface area contributed by atoms with Crippen LogP contribution in [0.25, 0.3) is 0 Å². The lowest BCUT2D eigenvalue weighted by Gasteiger charge is -2.26. The highest BCUT2D eigenvalue weighted by Crippen LogP contribution is 2.45. The van der Waals surface area contributed by atoms with E-state index >= 15 is 0 Å². The molecular formula is C22H22IN3O. The minimum atomic E-state index is -0.268. The SMILES string of the molecule is CC#CC(=O)N(C1=N/C(=C/C)C(=NC)C=C1)c1cc(C)c(I)cc1C1CC1. The van der Waals surface area contributed by atoms with Crippen LogP contribution in [0, 0.1) is 22.3 Å². The third-order valence-corrected chi connectivity index (χ3v) is 5.79. The first kappa shape index (κ1) is 19.6. The second kappa shape index (κ2) is 8.22. The molecule has 5 heteroatoms. The van der Waals surface area contributed by atoms with E-state index in [4.69, 9.17) is 4.99 Å². The molecule has 1 aromatic rings. The Morgan fingerprint density at radius 1 is 1.37 bits per heavy atom. The number of benzene rings is 1. The third-order valence-electron chi connectivity index (χ3n) is 4.63. The average Bonchev–Trinajstić information content (AvgIpc) is 3.49. The van der Waals surface area contributed by atoms with Gasteiger partial charge in [-0.2, -0.15) is 0 Å². The van der Waals surface area contributed by atoms with E-state index in [1.54, 1.807) is 18.9 Å². The van der Waals surface area contributed by atoms with E-state index in [9.17, 15) is 4.79 Å². The van der Waals surface area contributed by atoms with Crippen molar-refractivity contribution in [3.05, 3.63) is 50.8 Å². The average molecular weight is 471 g/mol. The van der Waals surface area contributed by atoms with Crippen LogP contribution in [0.2, 0.25) is 0 Å². The number of hydrogen-bond acceptors (Lipinski definition) is 3. The number of amides is 1. The normalized spacial score (nSPS) is 18.9. The van der Waals surface area contributed by atoms with Crippen LogP contribution in [0.3, 0.4) is 0 Å². The molecule has 4 nitrogen and oxygen atoms in total. The Bertz CT molecular complexity index is 969. The number of carbonyl (C=O) groups is 1. The van der Waals surface area contributed by atoms with Gasteiger partial charge in [0.05, 0.1) is 17.1 Å². The number of carbonyl (C=O) groups excluding carboxylic acids is 1. The Kier molecular flexibility index (Phi) is 5.95. The number of rotatable bonds is 2. The summed E-state index contributed by atoms with van der Waals surface area (Å²) in [6, 6.07) is 4.28. The van der Waals surface area contributed by atoms with Gasteiger partial charge >= 0.3 is 5.91 Å². The Labute approximate surface area is 174 Å². The summed E-state index contributed by atoms with van der Waals surface area (Å²) in [6.45, 7) is 5.66. The molecule has 0 bridgehead atoms. The maximum absolute atomic E-state index is 13.0. The van der Waals surface area contributed by atoms with E-state index < -0.39 is 0 Å². The summed E-state index contributed by atoms with van der Waals surface area (Å²) in [5.41, 5.74) is 4.78. The van der Waals surface area contributed by atoms with Crippen LogP contribution in [0.4, 0.5) is 5.69 Å². The molecule has 0 unspecified atom stereocenters. The number of hydrogen-bond donors (Lipinski definition) is 0. The first-order valence-electron chi connectivity index (χ1n) is 8.97. The standard InChI is InChI=1S/C22H22IN3O/c1-5-7-22(27)26(21-11-10-19(24-4)18(6-2)25-21)20-12-14(3)17(23)13-16(20)15-8-9-15/h6,10-13,15H,8-9H2,1-4H3/b18-6+,24-19?. The Hall–Kier alpha value is -2.20. The highest BCUT2D eigenvalue weighted by atomic mass is 127. The minimum absolute atomic E-state index is 0.268. The quantitative estimate of drug-likeness (QED) is 0.453. The van der Waals surface area contributed by atoms with Gasteiger partial charge in [-0.05, 0) is 103 Å². The van der Waals surface area contributed by atoms with Crippen molar-refractivity contribution < 1.29 is 4.79 Å². The number of aliphatic imine (C=N–C) groups is 2. The lowest BCUT2D eigenvalue weighted by Crippen LogP contribution is -2.37. The fraction of sp³-hybridized carbons (Fsp3) is 0.318. The zero-order valence-corrected chi connectivity index (χ0v) is 18.2. The van der Waals surface area contributed by atoms with Gasteiger partial charge < -0.3 is 0 Å². The van der Waals surface area contributed by atoms with Gasteiger partial charge in [-0.1, -0.05) is 12.0 Å². The van der Waals surface area contributed by atoms with E-state index in [-0.39, 0.29) is 5.91 Å². The van der Waals surface area contributed by atoms with Gasteiger partial charge in [0.1, 0.15) is 5.84 Å². The van der Waals surface area contributed by atoms with Gasteiger partial charge in [0.15, 0.2) is 0 Å². The molecule has 1 saturated carbocycles. The fourth-order valence-electron chi connectivity index (χ4n) is 3.08. The van der Waals surface area contributed by atoms with E-state index in [2.05, 4.69) is 58.5 Å². The molecule has 1 fully saturated rings. The molecule has 138 valence electrons. The molecule has 1 heterocycles. The molecule has 3 rings (SSSR count). The molecule has 0 aromatic heterocycles. The van der Waals surface area contributed by atoms with Crippen LogP contribution >= 0.6 is 22.6 Å². The van der Waals surface area contributed by atoms with Crippen molar-refractivity contribution in [2.24, 2.45) is 9.98 Å². The zero-order valence-electron chi connectivity index (χ0n) is 16.0.